The highest BCUT2D eigenvalue weighted by Gasteiger charge is 2.19. The van der Waals surface area contributed by atoms with E-state index in [1.54, 1.807) is 14.2 Å². The summed E-state index contributed by atoms with van der Waals surface area (Å²) < 4.78 is 10.1. The van der Waals surface area contributed by atoms with Crippen molar-refractivity contribution in [2.45, 2.75) is 51.2 Å². The van der Waals surface area contributed by atoms with Gasteiger partial charge in [0.2, 0.25) is 5.91 Å². The number of carbonyl (C=O) groups is 1. The normalized spacial score (nSPS) is 18.8. The predicted molar refractivity (Wildman–Crippen MR) is 66.6 cm³/mol. The van der Waals surface area contributed by atoms with Crippen molar-refractivity contribution in [3.05, 3.63) is 0 Å². The fraction of sp³-hybridized carbons (Fsp3) is 0.923. The van der Waals surface area contributed by atoms with E-state index in [2.05, 4.69) is 5.32 Å². The molecule has 0 radical (unpaired) electrons. The monoisotopic (exact) mass is 243 g/mol. The maximum Gasteiger partial charge on any atom is 0.223 e. The third kappa shape index (κ3) is 5.50. The zero-order chi connectivity index (χ0) is 12.5. The molecule has 0 unspecified atom stereocenters. The van der Waals surface area contributed by atoms with Crippen molar-refractivity contribution in [1.82, 2.24) is 5.32 Å². The predicted octanol–water partition coefficient (Wildman–Crippen LogP) is 2.08. The van der Waals surface area contributed by atoms with Gasteiger partial charge in [-0.15, -0.1) is 0 Å². The van der Waals surface area contributed by atoms with Crippen LogP contribution in [0.3, 0.4) is 0 Å². The molecular formula is C13H25NO3. The molecule has 1 amide bonds. The number of rotatable bonds is 5. The Bertz CT molecular complexity index is 209. The zero-order valence-electron chi connectivity index (χ0n) is 11.0. The second-order valence-electron chi connectivity index (χ2n) is 4.69. The first-order chi connectivity index (χ1) is 8.27. The molecule has 1 fully saturated rings. The van der Waals surface area contributed by atoms with E-state index in [1.165, 1.54) is 32.1 Å². The summed E-state index contributed by atoms with van der Waals surface area (Å²) in [5.74, 6) is 0.343. The van der Waals surface area contributed by atoms with Crippen molar-refractivity contribution in [2.24, 2.45) is 5.92 Å². The van der Waals surface area contributed by atoms with Crippen molar-refractivity contribution in [1.29, 1.82) is 0 Å². The molecule has 1 rings (SSSR count). The van der Waals surface area contributed by atoms with E-state index in [0.29, 0.717) is 6.54 Å². The molecule has 1 aliphatic rings. The molecule has 0 aromatic heterocycles. The maximum atomic E-state index is 12.0. The van der Waals surface area contributed by atoms with Crippen molar-refractivity contribution in [3.8, 4) is 0 Å². The minimum atomic E-state index is -0.340. The van der Waals surface area contributed by atoms with E-state index in [0.717, 1.165) is 12.8 Å². The molecule has 4 heteroatoms. The van der Waals surface area contributed by atoms with Crippen LogP contribution in [-0.4, -0.2) is 33.0 Å². The molecule has 0 bridgehead atoms. The minimum Gasteiger partial charge on any atom is -0.354 e. The molecule has 0 aromatic rings. The van der Waals surface area contributed by atoms with Gasteiger partial charge in [-0.1, -0.05) is 32.1 Å². The van der Waals surface area contributed by atoms with Crippen LogP contribution >= 0.6 is 0 Å². The van der Waals surface area contributed by atoms with Crippen LogP contribution in [0.15, 0.2) is 0 Å². The van der Waals surface area contributed by atoms with Gasteiger partial charge < -0.3 is 14.8 Å². The van der Waals surface area contributed by atoms with E-state index in [-0.39, 0.29) is 18.1 Å². The molecule has 0 aromatic carbocycles. The minimum absolute atomic E-state index is 0.158. The van der Waals surface area contributed by atoms with Crippen LogP contribution in [0.1, 0.15) is 44.9 Å². The molecule has 0 saturated heterocycles. The largest absolute Gasteiger partial charge is 0.354 e. The number of amides is 1. The van der Waals surface area contributed by atoms with E-state index in [1.807, 2.05) is 0 Å². The van der Waals surface area contributed by atoms with Crippen LogP contribution < -0.4 is 5.32 Å². The third-order valence-corrected chi connectivity index (χ3v) is 3.44. The lowest BCUT2D eigenvalue weighted by Gasteiger charge is -2.20. The van der Waals surface area contributed by atoms with Gasteiger partial charge in [-0.3, -0.25) is 4.79 Å². The van der Waals surface area contributed by atoms with E-state index in [9.17, 15) is 4.79 Å². The second kappa shape index (κ2) is 8.48. The van der Waals surface area contributed by atoms with Gasteiger partial charge in [0.05, 0.1) is 6.54 Å². The Labute approximate surface area is 104 Å². The first kappa shape index (κ1) is 14.5. The Kier molecular flexibility index (Phi) is 7.21. The van der Waals surface area contributed by atoms with E-state index >= 15 is 0 Å². The lowest BCUT2D eigenvalue weighted by atomic mass is 9.90. The van der Waals surface area contributed by atoms with Gasteiger partial charge in [-0.25, -0.2) is 0 Å². The van der Waals surface area contributed by atoms with Gasteiger partial charge in [0.25, 0.3) is 0 Å². The Hall–Kier alpha value is -0.610. The summed E-state index contributed by atoms with van der Waals surface area (Å²) >= 11 is 0. The summed E-state index contributed by atoms with van der Waals surface area (Å²) in [5.41, 5.74) is 0. The second-order valence-corrected chi connectivity index (χ2v) is 4.69. The van der Waals surface area contributed by atoms with Crippen LogP contribution in [0, 0.1) is 5.92 Å². The van der Waals surface area contributed by atoms with Crippen LogP contribution in [0.5, 0.6) is 0 Å². The number of ether oxygens (including phenoxy) is 2. The van der Waals surface area contributed by atoms with Gasteiger partial charge in [0.15, 0.2) is 6.29 Å². The summed E-state index contributed by atoms with van der Waals surface area (Å²) in [6, 6.07) is 0. The Balaban J connectivity index is 2.29. The summed E-state index contributed by atoms with van der Waals surface area (Å²) in [6.45, 7) is 0.433. The number of hydrogen-bond acceptors (Lipinski definition) is 3. The van der Waals surface area contributed by atoms with Gasteiger partial charge in [-0.2, -0.15) is 0 Å². The highest BCUT2D eigenvalue weighted by molar-refractivity contribution is 5.78. The summed E-state index contributed by atoms with van der Waals surface area (Å²) in [6.07, 6.45) is 7.92. The standard InChI is InChI=1S/C13H25NO3/c1-16-12(17-2)10-14-13(15)11-8-6-4-3-5-7-9-11/h11-12H,3-10H2,1-2H3,(H,14,15). The molecule has 4 nitrogen and oxygen atoms in total. The molecule has 1 saturated carbocycles. The number of carbonyl (C=O) groups excluding carboxylic acids is 1. The first-order valence-electron chi connectivity index (χ1n) is 6.61. The number of methoxy groups -OCH3 is 2. The van der Waals surface area contributed by atoms with E-state index in [4.69, 9.17) is 9.47 Å². The first-order valence-corrected chi connectivity index (χ1v) is 6.61. The number of hydrogen-bond donors (Lipinski definition) is 1. The summed E-state index contributed by atoms with van der Waals surface area (Å²) in [4.78, 5) is 12.0. The molecule has 1 N–H and O–H groups in total. The SMILES string of the molecule is COC(CNC(=O)C1CCCCCCC1)OC. The highest BCUT2D eigenvalue weighted by atomic mass is 16.7. The molecular weight excluding hydrogens is 218 g/mol. The fourth-order valence-corrected chi connectivity index (χ4v) is 2.31. The molecule has 0 atom stereocenters. The smallest absolute Gasteiger partial charge is 0.223 e. The fourth-order valence-electron chi connectivity index (χ4n) is 2.31. The van der Waals surface area contributed by atoms with Crippen molar-refractivity contribution >= 4 is 5.91 Å². The van der Waals surface area contributed by atoms with E-state index < -0.39 is 0 Å². The van der Waals surface area contributed by atoms with Crippen LogP contribution in [-0.2, 0) is 14.3 Å². The summed E-state index contributed by atoms with van der Waals surface area (Å²) in [7, 11) is 3.16. The van der Waals surface area contributed by atoms with Crippen LogP contribution in [0.4, 0.5) is 0 Å². The lowest BCUT2D eigenvalue weighted by molar-refractivity contribution is -0.131. The van der Waals surface area contributed by atoms with Crippen LogP contribution in [0.2, 0.25) is 0 Å². The Morgan fingerprint density at radius 1 is 1.12 bits per heavy atom. The topological polar surface area (TPSA) is 47.6 Å². The molecule has 0 heterocycles. The highest BCUT2D eigenvalue weighted by Crippen LogP contribution is 2.22. The summed E-state index contributed by atoms with van der Waals surface area (Å²) in [5, 5.41) is 2.91. The molecule has 1 aliphatic carbocycles. The Morgan fingerprint density at radius 3 is 2.18 bits per heavy atom. The average molecular weight is 243 g/mol. The molecule has 0 spiro atoms. The molecule has 0 aliphatic heterocycles. The van der Waals surface area contributed by atoms with Crippen molar-refractivity contribution in [3.63, 3.8) is 0 Å². The molecule has 17 heavy (non-hydrogen) atoms. The van der Waals surface area contributed by atoms with Crippen LogP contribution in [0.25, 0.3) is 0 Å². The zero-order valence-corrected chi connectivity index (χ0v) is 11.0. The van der Waals surface area contributed by atoms with Gasteiger partial charge in [0, 0.05) is 20.1 Å². The van der Waals surface area contributed by atoms with Gasteiger partial charge in [-0.05, 0) is 12.8 Å². The lowest BCUT2D eigenvalue weighted by Crippen LogP contribution is -2.38. The number of nitrogens with one attached hydrogen (secondary N) is 1. The average Bonchev–Trinajstić information content (AvgIpc) is 2.29. The van der Waals surface area contributed by atoms with Gasteiger partial charge in [0.1, 0.15) is 0 Å². The van der Waals surface area contributed by atoms with Crippen molar-refractivity contribution < 1.29 is 14.3 Å². The molecule has 100 valence electrons. The Morgan fingerprint density at radius 2 is 1.65 bits per heavy atom. The quantitative estimate of drug-likeness (QED) is 0.752. The maximum absolute atomic E-state index is 12.0. The van der Waals surface area contributed by atoms with Gasteiger partial charge >= 0.3 is 0 Å². The van der Waals surface area contributed by atoms with Crippen molar-refractivity contribution in [2.75, 3.05) is 20.8 Å². The third-order valence-electron chi connectivity index (χ3n) is 3.44.